The van der Waals surface area contributed by atoms with Gasteiger partial charge < -0.3 is 10.1 Å². The third kappa shape index (κ3) is 3.24. The second-order valence-electron chi connectivity index (χ2n) is 7.54. The number of hydrogen-bond donors (Lipinski definition) is 1. The number of allylic oxidation sites excluding steroid dienone is 2. The molecule has 2 fully saturated rings. The predicted molar refractivity (Wildman–Crippen MR) is 98.5 cm³/mol. The molecule has 3 aliphatic carbocycles. The summed E-state index contributed by atoms with van der Waals surface area (Å²) in [6, 6.07) is 7.46. The first-order chi connectivity index (χ1) is 13.1. The van der Waals surface area contributed by atoms with Gasteiger partial charge in [-0.1, -0.05) is 24.3 Å². The molecule has 1 N–H and O–H groups in total. The van der Waals surface area contributed by atoms with E-state index < -0.39 is 0 Å². The number of carbonyl (C=O) groups is 3. The lowest BCUT2D eigenvalue weighted by Gasteiger charge is -2.38. The first-order valence-corrected chi connectivity index (χ1v) is 9.51. The molecule has 5 rings (SSSR count). The fourth-order valence-electron chi connectivity index (χ4n) is 4.60. The van der Waals surface area contributed by atoms with Crippen LogP contribution in [-0.2, 0) is 20.9 Å². The Balaban J connectivity index is 1.30. The molecule has 0 aromatic heterocycles. The number of benzene rings is 1. The minimum Gasteiger partial charge on any atom is -0.497 e. The van der Waals surface area contributed by atoms with Crippen molar-refractivity contribution in [2.75, 3.05) is 13.7 Å². The number of nitrogens with zero attached hydrogens (tertiary/aromatic N) is 1. The van der Waals surface area contributed by atoms with E-state index in [1.54, 1.807) is 7.11 Å². The molecule has 1 saturated carbocycles. The van der Waals surface area contributed by atoms with Crippen molar-refractivity contribution in [3.63, 3.8) is 0 Å². The zero-order valence-electron chi connectivity index (χ0n) is 15.4. The average molecular weight is 368 g/mol. The molecule has 4 atom stereocenters. The highest BCUT2D eigenvalue weighted by Gasteiger charge is 2.56. The summed E-state index contributed by atoms with van der Waals surface area (Å²) < 4.78 is 5.11. The van der Waals surface area contributed by atoms with Crippen LogP contribution in [0.25, 0.3) is 0 Å². The lowest BCUT2D eigenvalue weighted by molar-refractivity contribution is -0.140. The Morgan fingerprint density at radius 1 is 1.07 bits per heavy atom. The smallest absolute Gasteiger partial charge is 0.233 e. The zero-order valence-corrected chi connectivity index (χ0v) is 15.4. The third-order valence-corrected chi connectivity index (χ3v) is 6.06. The molecule has 4 aliphatic rings. The highest BCUT2D eigenvalue weighted by atomic mass is 16.5. The summed E-state index contributed by atoms with van der Waals surface area (Å²) in [4.78, 5) is 38.9. The van der Waals surface area contributed by atoms with Crippen molar-refractivity contribution in [3.8, 4) is 5.75 Å². The van der Waals surface area contributed by atoms with Crippen LogP contribution in [-0.4, -0.2) is 36.3 Å². The maximum atomic E-state index is 12.7. The second kappa shape index (κ2) is 7.18. The molecule has 1 aromatic rings. The van der Waals surface area contributed by atoms with Gasteiger partial charge in [0, 0.05) is 19.5 Å². The van der Waals surface area contributed by atoms with Gasteiger partial charge in [-0.3, -0.25) is 19.3 Å². The second-order valence-corrected chi connectivity index (χ2v) is 7.54. The van der Waals surface area contributed by atoms with E-state index in [1.807, 2.05) is 24.3 Å². The molecule has 3 amide bonds. The number of nitrogens with one attached hydrogen (secondary N) is 1. The fourth-order valence-corrected chi connectivity index (χ4v) is 4.60. The number of amides is 3. The molecule has 6 nitrogen and oxygen atoms in total. The van der Waals surface area contributed by atoms with Gasteiger partial charge in [0.2, 0.25) is 17.7 Å². The minimum absolute atomic E-state index is 0.0907. The molecule has 0 spiro atoms. The maximum Gasteiger partial charge on any atom is 0.233 e. The number of rotatable bonds is 6. The van der Waals surface area contributed by atoms with E-state index in [1.165, 1.54) is 4.90 Å². The van der Waals surface area contributed by atoms with Gasteiger partial charge in [-0.2, -0.15) is 0 Å². The van der Waals surface area contributed by atoms with E-state index in [0.29, 0.717) is 6.54 Å². The van der Waals surface area contributed by atoms with Gasteiger partial charge >= 0.3 is 0 Å². The third-order valence-electron chi connectivity index (χ3n) is 6.06. The molecule has 0 unspecified atom stereocenters. The van der Waals surface area contributed by atoms with Crippen LogP contribution >= 0.6 is 0 Å². The number of carbonyl (C=O) groups excluding carboxylic acids is 3. The van der Waals surface area contributed by atoms with Gasteiger partial charge in [-0.05, 0) is 42.4 Å². The first-order valence-electron chi connectivity index (χ1n) is 9.51. The van der Waals surface area contributed by atoms with Crippen LogP contribution in [0.15, 0.2) is 36.4 Å². The molecule has 2 bridgehead atoms. The van der Waals surface area contributed by atoms with E-state index in [0.717, 1.165) is 24.2 Å². The van der Waals surface area contributed by atoms with Gasteiger partial charge in [-0.15, -0.1) is 0 Å². The molecule has 0 radical (unpaired) electrons. The lowest BCUT2D eigenvalue weighted by Crippen LogP contribution is -2.38. The van der Waals surface area contributed by atoms with Crippen LogP contribution in [0.1, 0.15) is 24.8 Å². The van der Waals surface area contributed by atoms with Crippen LogP contribution in [0.3, 0.4) is 0 Å². The molecular formula is C21H24N2O4. The maximum absolute atomic E-state index is 12.7. The molecular weight excluding hydrogens is 344 g/mol. The minimum atomic E-state index is -0.205. The van der Waals surface area contributed by atoms with E-state index in [9.17, 15) is 14.4 Å². The van der Waals surface area contributed by atoms with Crippen molar-refractivity contribution in [2.45, 2.75) is 25.8 Å². The van der Waals surface area contributed by atoms with Crippen LogP contribution in [0.4, 0.5) is 0 Å². The molecule has 1 aromatic carbocycles. The topological polar surface area (TPSA) is 75.7 Å². The van der Waals surface area contributed by atoms with Gasteiger partial charge in [0.25, 0.3) is 0 Å². The Morgan fingerprint density at radius 2 is 1.67 bits per heavy atom. The average Bonchev–Trinajstić information content (AvgIpc) is 2.98. The molecule has 142 valence electrons. The number of ether oxygens (including phenoxy) is 1. The monoisotopic (exact) mass is 368 g/mol. The summed E-state index contributed by atoms with van der Waals surface area (Å²) in [5, 5.41) is 2.84. The van der Waals surface area contributed by atoms with Crippen molar-refractivity contribution < 1.29 is 19.1 Å². The largest absolute Gasteiger partial charge is 0.497 e. The molecule has 6 heteroatoms. The van der Waals surface area contributed by atoms with Gasteiger partial charge in [-0.25, -0.2) is 0 Å². The van der Waals surface area contributed by atoms with Crippen LogP contribution < -0.4 is 10.1 Å². The summed E-state index contributed by atoms with van der Waals surface area (Å²) in [5.41, 5.74) is 0.964. The number of imide groups is 1. The standard InChI is InChI=1S/C21H24N2O4/c1-27-16-8-2-13(3-9-16)12-22-17(24)10-11-23-20(25)18-14-4-5-15(7-6-14)19(18)21(23)26/h2-5,8-9,14-15,18-19H,6-7,10-12H2,1H3,(H,22,24)/t14-,15-,18+,19+/m0/s1. The van der Waals surface area contributed by atoms with Gasteiger partial charge in [0.05, 0.1) is 18.9 Å². The van der Waals surface area contributed by atoms with Gasteiger partial charge in [0.1, 0.15) is 5.75 Å². The molecule has 1 aliphatic heterocycles. The Kier molecular flexibility index (Phi) is 4.72. The van der Waals surface area contributed by atoms with E-state index in [4.69, 9.17) is 4.74 Å². The van der Waals surface area contributed by atoms with E-state index >= 15 is 0 Å². The van der Waals surface area contributed by atoms with Crippen molar-refractivity contribution in [1.82, 2.24) is 10.2 Å². The molecule has 27 heavy (non-hydrogen) atoms. The SMILES string of the molecule is COc1ccc(CNC(=O)CCN2C(=O)[C@H]3[C@H](C2=O)[C@H]2C=C[C@H]3CC2)cc1. The van der Waals surface area contributed by atoms with Crippen LogP contribution in [0.2, 0.25) is 0 Å². The van der Waals surface area contributed by atoms with Gasteiger partial charge in [0.15, 0.2) is 0 Å². The normalized spacial score (nSPS) is 28.4. The highest BCUT2D eigenvalue weighted by molar-refractivity contribution is 6.06. The number of methoxy groups -OCH3 is 1. The Bertz CT molecular complexity index is 754. The van der Waals surface area contributed by atoms with Crippen LogP contribution in [0, 0.1) is 23.7 Å². The van der Waals surface area contributed by atoms with Crippen molar-refractivity contribution in [2.24, 2.45) is 23.7 Å². The predicted octanol–water partition coefficient (Wildman–Crippen LogP) is 1.90. The van der Waals surface area contributed by atoms with Crippen molar-refractivity contribution in [1.29, 1.82) is 0 Å². The summed E-state index contributed by atoms with van der Waals surface area (Å²) in [5.74, 6) is 0.380. The number of fused-ring (bicyclic) bond motifs is 1. The number of hydrogen-bond acceptors (Lipinski definition) is 4. The Morgan fingerprint density at radius 3 is 2.19 bits per heavy atom. The summed E-state index contributed by atoms with van der Waals surface area (Å²) in [7, 11) is 1.61. The first kappa shape index (κ1) is 17.8. The Hall–Kier alpha value is -2.63. The van der Waals surface area contributed by atoms with Crippen LogP contribution in [0.5, 0.6) is 5.75 Å². The Labute approximate surface area is 158 Å². The fraction of sp³-hybridized carbons (Fsp3) is 0.476. The van der Waals surface area contributed by atoms with E-state index in [-0.39, 0.29) is 54.4 Å². The van der Waals surface area contributed by atoms with Crippen molar-refractivity contribution >= 4 is 17.7 Å². The van der Waals surface area contributed by atoms with E-state index in [2.05, 4.69) is 17.5 Å². The quantitative estimate of drug-likeness (QED) is 0.615. The molecule has 1 saturated heterocycles. The van der Waals surface area contributed by atoms with Crippen molar-refractivity contribution in [3.05, 3.63) is 42.0 Å². The summed E-state index contributed by atoms with van der Waals surface area (Å²) in [6.45, 7) is 0.572. The lowest BCUT2D eigenvalue weighted by atomic mass is 9.63. The molecule has 1 heterocycles. The summed E-state index contributed by atoms with van der Waals surface area (Å²) >= 11 is 0. The number of likely N-dealkylation sites (tertiary alicyclic amines) is 1. The summed E-state index contributed by atoms with van der Waals surface area (Å²) in [6.07, 6.45) is 6.31. The highest BCUT2D eigenvalue weighted by Crippen LogP contribution is 2.49. The zero-order chi connectivity index (χ0) is 19.0.